The summed E-state index contributed by atoms with van der Waals surface area (Å²) >= 11 is 1.39. The fourth-order valence-electron chi connectivity index (χ4n) is 10.1. The number of rotatable bonds is 43. The predicted octanol–water partition coefficient (Wildman–Crippen LogP) is 5.66. The first-order chi connectivity index (χ1) is 41.1. The molecule has 466 valence electrons. The zero-order valence-electron chi connectivity index (χ0n) is 49.8. The Morgan fingerprint density at radius 2 is 1.15 bits per heavy atom. The zero-order valence-corrected chi connectivity index (χ0v) is 50.6. The van der Waals surface area contributed by atoms with Crippen molar-refractivity contribution in [3.05, 3.63) is 120 Å². The number of phenolic OH excluding ortho intramolecular Hbond substituents is 1. The first-order valence-electron chi connectivity index (χ1n) is 28.8. The number of thioether (sulfide) groups is 1. The lowest BCUT2D eigenvalue weighted by Crippen LogP contribution is -2.48. The van der Waals surface area contributed by atoms with Crippen molar-refractivity contribution in [3.63, 3.8) is 0 Å². The van der Waals surface area contributed by atoms with Crippen molar-refractivity contribution in [2.75, 3.05) is 65.1 Å². The van der Waals surface area contributed by atoms with Gasteiger partial charge in [-0.3, -0.25) is 52.7 Å². The topological polar surface area (TPSA) is 316 Å². The smallest absolute Gasteiger partial charge is 0.303 e. The number of phenols is 1. The number of aliphatic hydroxyl groups excluding tert-OH is 2. The average molecular weight is 1210 g/mol. The van der Waals surface area contributed by atoms with E-state index in [0.717, 1.165) is 0 Å². The molecule has 0 radical (unpaired) electrons. The monoisotopic (exact) mass is 1210 g/mol. The number of carbonyl (C=O) groups excluding carboxylic acids is 10. The number of carbonyl (C=O) groups is 11. The minimum absolute atomic E-state index is 0.0129. The highest BCUT2D eigenvalue weighted by Gasteiger charge is 2.36. The molecule has 0 spiro atoms. The third kappa shape index (κ3) is 24.1. The van der Waals surface area contributed by atoms with Crippen LogP contribution in [0, 0.1) is 35.5 Å². The van der Waals surface area contributed by atoms with Crippen molar-refractivity contribution in [3.8, 4) is 5.75 Å². The lowest BCUT2D eigenvalue weighted by molar-refractivity contribution is -0.146. The summed E-state index contributed by atoms with van der Waals surface area (Å²) in [6.07, 6.45) is 1.60. The molecule has 7 atom stereocenters. The van der Waals surface area contributed by atoms with Gasteiger partial charge in [-0.2, -0.15) is 11.8 Å². The van der Waals surface area contributed by atoms with Crippen LogP contribution in [0.1, 0.15) is 107 Å². The second-order valence-electron chi connectivity index (χ2n) is 21.9. The molecule has 0 aliphatic rings. The Labute approximate surface area is 506 Å². The quantitative estimate of drug-likeness (QED) is 0.0357. The van der Waals surface area contributed by atoms with Crippen LogP contribution in [0.25, 0.3) is 0 Å². The molecule has 7 unspecified atom stereocenters. The zero-order chi connectivity index (χ0) is 63.3. The molecule has 3 aromatic carbocycles. The van der Waals surface area contributed by atoms with E-state index in [1.54, 1.807) is 73.8 Å². The summed E-state index contributed by atoms with van der Waals surface area (Å²) < 4.78 is 5.14. The number of aliphatic carboxylic acids is 1. The normalized spacial score (nSPS) is 13.7. The van der Waals surface area contributed by atoms with Crippen molar-refractivity contribution in [2.24, 2.45) is 35.5 Å². The number of hydrogen-bond donors (Lipinski definition) is 5. The van der Waals surface area contributed by atoms with Crippen molar-refractivity contribution in [1.82, 2.24) is 24.7 Å². The number of nitrogens with one attached hydrogen (secondary N) is 1. The van der Waals surface area contributed by atoms with Gasteiger partial charge in [-0.25, -0.2) is 4.98 Å². The summed E-state index contributed by atoms with van der Waals surface area (Å²) in [5, 5.41) is 41.0. The van der Waals surface area contributed by atoms with Gasteiger partial charge in [-0.15, -0.1) is 0 Å². The molecule has 4 aromatic rings. The van der Waals surface area contributed by atoms with Gasteiger partial charge in [0, 0.05) is 119 Å². The Morgan fingerprint density at radius 1 is 0.616 bits per heavy atom. The standard InChI is InChI=1S/C64H83N5O16S/c1-42(47-14-10-7-11-15-47)69(63(82)38-68(35-46-12-8-6-9-13-46)62(81)37-67(44(3)73)23-24-85-4)36-56(75)28-52(39-70)61(80)32-51(26-45-16-19-55(74)20-17-45)59(78)33-53(40-71)60(79)30-49(22-25-86-5)57(76)29-48(18-21-64(83)84)58(77)31-50(43(2)72)27-54-34-65-41-66-54/h6-17,19-20,34,41-42,48-53,70-71,74H,18,21-33,35-40H2,1-5H3,(H,65,66)(H,83,84). The SMILES string of the molecule is COCCN(CC(=O)N(CC(=O)N(CC(=O)CC(CO)C(=O)CC(Cc1ccc(O)cc1)C(=O)CC(CO)C(=O)CC(CCSC)C(=O)CC(CCC(=O)O)C(=O)CC(Cc1cnc[nH]1)C(C)=O)C(C)c1ccccc1)Cc1ccccc1)C(C)=O. The molecule has 0 saturated carbocycles. The molecule has 0 aliphatic heterocycles. The summed E-state index contributed by atoms with van der Waals surface area (Å²) in [7, 11) is 1.46. The molecule has 0 saturated heterocycles. The molecule has 1 heterocycles. The number of benzene rings is 3. The number of ether oxygens (including phenoxy) is 1. The number of aliphatic hydroxyl groups is 2. The third-order valence-corrected chi connectivity index (χ3v) is 16.1. The molecule has 5 N–H and O–H groups in total. The summed E-state index contributed by atoms with van der Waals surface area (Å²) in [6.45, 7) is 1.57. The van der Waals surface area contributed by atoms with E-state index in [-0.39, 0.29) is 75.8 Å². The van der Waals surface area contributed by atoms with Crippen molar-refractivity contribution < 1.29 is 77.9 Å². The van der Waals surface area contributed by atoms with Crippen molar-refractivity contribution >= 4 is 75.9 Å². The largest absolute Gasteiger partial charge is 0.508 e. The predicted molar refractivity (Wildman–Crippen MR) is 320 cm³/mol. The minimum Gasteiger partial charge on any atom is -0.508 e. The first-order valence-corrected chi connectivity index (χ1v) is 30.2. The van der Waals surface area contributed by atoms with E-state index in [0.29, 0.717) is 28.1 Å². The van der Waals surface area contributed by atoms with Crippen LogP contribution < -0.4 is 0 Å². The number of carboxylic acids is 1. The van der Waals surface area contributed by atoms with E-state index in [1.165, 1.54) is 84.2 Å². The van der Waals surface area contributed by atoms with Gasteiger partial charge in [-0.1, -0.05) is 72.8 Å². The molecule has 86 heavy (non-hydrogen) atoms. The fraction of sp³-hybridized carbons (Fsp3) is 0.500. The number of H-pyrrole nitrogens is 1. The van der Waals surface area contributed by atoms with Crippen LogP contribution in [0.4, 0.5) is 0 Å². The van der Waals surface area contributed by atoms with Gasteiger partial charge >= 0.3 is 5.97 Å². The molecule has 22 heteroatoms. The Bertz CT molecular complexity index is 2870. The molecule has 3 amide bonds. The maximum atomic E-state index is 14.6. The highest BCUT2D eigenvalue weighted by atomic mass is 32.2. The van der Waals surface area contributed by atoms with E-state index in [1.807, 2.05) is 0 Å². The maximum absolute atomic E-state index is 14.6. The van der Waals surface area contributed by atoms with Gasteiger partial charge in [0.05, 0.1) is 45.3 Å². The number of aromatic nitrogens is 2. The van der Waals surface area contributed by atoms with Crippen LogP contribution >= 0.6 is 11.8 Å². The number of aromatic hydroxyl groups is 1. The average Bonchev–Trinajstić information content (AvgIpc) is 3.51. The van der Waals surface area contributed by atoms with E-state index in [2.05, 4.69) is 9.97 Å². The molecule has 21 nitrogen and oxygen atoms in total. The van der Waals surface area contributed by atoms with E-state index < -0.39 is 159 Å². The summed E-state index contributed by atoms with van der Waals surface area (Å²) in [6, 6.07) is 22.8. The van der Waals surface area contributed by atoms with Crippen LogP contribution in [0.5, 0.6) is 5.75 Å². The van der Waals surface area contributed by atoms with Gasteiger partial charge in [0.1, 0.15) is 47.0 Å². The van der Waals surface area contributed by atoms with Gasteiger partial charge in [0.2, 0.25) is 17.7 Å². The number of methoxy groups -OCH3 is 1. The Hall–Kier alpha value is -7.53. The third-order valence-electron chi connectivity index (χ3n) is 15.5. The van der Waals surface area contributed by atoms with Gasteiger partial charge in [-0.05, 0) is 80.4 Å². The summed E-state index contributed by atoms with van der Waals surface area (Å²) in [5.74, 6) is -13.0. The Morgan fingerprint density at radius 3 is 1.70 bits per heavy atom. The number of imidazole rings is 1. The van der Waals surface area contributed by atoms with E-state index >= 15 is 0 Å². The van der Waals surface area contributed by atoms with Crippen LogP contribution in [-0.4, -0.2) is 174 Å². The second kappa shape index (κ2) is 37.1. The number of Topliss-reactive ketones (excluding diaryl/α,β-unsaturated/α-hetero) is 7. The van der Waals surface area contributed by atoms with Gasteiger partial charge in [0.15, 0.2) is 5.78 Å². The number of aromatic amines is 1. The minimum atomic E-state index is -1.36. The van der Waals surface area contributed by atoms with Crippen LogP contribution in [0.2, 0.25) is 0 Å². The number of amides is 3. The first kappa shape index (κ1) is 71.0. The highest BCUT2D eigenvalue weighted by Crippen LogP contribution is 2.29. The van der Waals surface area contributed by atoms with Gasteiger partial charge in [0.25, 0.3) is 0 Å². The molecule has 4 rings (SSSR count). The molecular formula is C64H83N5O16S. The van der Waals surface area contributed by atoms with Crippen LogP contribution in [-0.2, 0) is 76.9 Å². The fourth-order valence-corrected chi connectivity index (χ4v) is 10.7. The summed E-state index contributed by atoms with van der Waals surface area (Å²) in [5.41, 5.74) is 2.46. The lowest BCUT2D eigenvalue weighted by atomic mass is 9.79. The highest BCUT2D eigenvalue weighted by molar-refractivity contribution is 7.98. The van der Waals surface area contributed by atoms with Gasteiger partial charge < -0.3 is 44.8 Å². The molecule has 0 fully saturated rings. The Kier molecular flexibility index (Phi) is 30.6. The molecule has 0 aliphatic carbocycles. The van der Waals surface area contributed by atoms with E-state index in [9.17, 15) is 73.2 Å². The molecular weight excluding hydrogens is 1130 g/mol. The Balaban J connectivity index is 1.55. The van der Waals surface area contributed by atoms with Crippen LogP contribution in [0.3, 0.4) is 0 Å². The van der Waals surface area contributed by atoms with Crippen molar-refractivity contribution in [2.45, 2.75) is 104 Å². The second-order valence-corrected chi connectivity index (χ2v) is 22.9. The maximum Gasteiger partial charge on any atom is 0.303 e. The van der Waals surface area contributed by atoms with Crippen LogP contribution in [0.15, 0.2) is 97.5 Å². The lowest BCUT2D eigenvalue weighted by Gasteiger charge is -2.33. The number of nitrogens with zero attached hydrogens (tertiary/aromatic N) is 4. The number of carboxylic acid groups (broad SMARTS) is 1. The van der Waals surface area contributed by atoms with Crippen molar-refractivity contribution in [1.29, 1.82) is 0 Å². The molecule has 0 bridgehead atoms. The molecule has 1 aromatic heterocycles. The van der Waals surface area contributed by atoms with E-state index in [4.69, 9.17) is 4.74 Å². The number of ketones is 7. The number of hydrogen-bond acceptors (Lipinski definition) is 17. The summed E-state index contributed by atoms with van der Waals surface area (Å²) in [4.78, 5) is 161.